The lowest BCUT2D eigenvalue weighted by Crippen LogP contribution is -2.12. The maximum absolute atomic E-state index is 11.5. The zero-order chi connectivity index (χ0) is 15.2. The van der Waals surface area contributed by atoms with Crippen LogP contribution in [0.15, 0.2) is 24.3 Å². The summed E-state index contributed by atoms with van der Waals surface area (Å²) in [6.45, 7) is 2.53. The molecule has 0 aliphatic heterocycles. The van der Waals surface area contributed by atoms with E-state index in [0.717, 1.165) is 30.3 Å². The minimum atomic E-state index is -1.15. The standard InChI is InChI=1S/C16H19NO4/c1-2-3-4-7-10-21-15-13(11-18)12-8-5-6-9-14(12)17(15)16(19)20/h5-6,8-9,11H,2-4,7,10H2,1H3,(H,19,20). The largest absolute Gasteiger partial charge is 0.478 e. The highest BCUT2D eigenvalue weighted by atomic mass is 16.5. The number of aromatic nitrogens is 1. The van der Waals surface area contributed by atoms with Gasteiger partial charge in [0, 0.05) is 5.39 Å². The van der Waals surface area contributed by atoms with Crippen LogP contribution in [0.4, 0.5) is 4.79 Å². The first-order valence-electron chi connectivity index (χ1n) is 7.15. The molecule has 1 heterocycles. The average Bonchev–Trinajstić information content (AvgIpc) is 2.80. The summed E-state index contributed by atoms with van der Waals surface area (Å²) in [5.41, 5.74) is 0.763. The molecule has 0 aliphatic carbocycles. The van der Waals surface area contributed by atoms with Crippen molar-refractivity contribution in [1.29, 1.82) is 0 Å². The van der Waals surface area contributed by atoms with Crippen molar-refractivity contribution in [2.24, 2.45) is 0 Å². The van der Waals surface area contributed by atoms with Gasteiger partial charge in [0.05, 0.1) is 17.7 Å². The van der Waals surface area contributed by atoms with E-state index >= 15 is 0 Å². The second-order valence-electron chi connectivity index (χ2n) is 4.88. The number of aldehydes is 1. The van der Waals surface area contributed by atoms with Gasteiger partial charge in [-0.3, -0.25) is 4.79 Å². The number of ether oxygens (including phenoxy) is 1. The predicted molar refractivity (Wildman–Crippen MR) is 80.4 cm³/mol. The number of para-hydroxylation sites is 1. The van der Waals surface area contributed by atoms with E-state index in [4.69, 9.17) is 4.74 Å². The van der Waals surface area contributed by atoms with Gasteiger partial charge >= 0.3 is 6.09 Å². The number of carbonyl (C=O) groups is 2. The number of unbranched alkanes of at least 4 members (excludes halogenated alkanes) is 3. The first-order chi connectivity index (χ1) is 10.2. The summed E-state index contributed by atoms with van der Waals surface area (Å²) in [6, 6.07) is 6.90. The van der Waals surface area contributed by atoms with E-state index in [0.29, 0.717) is 29.4 Å². The summed E-state index contributed by atoms with van der Waals surface area (Å²) in [4.78, 5) is 22.8. The van der Waals surface area contributed by atoms with E-state index in [1.54, 1.807) is 24.3 Å². The highest BCUT2D eigenvalue weighted by Crippen LogP contribution is 2.30. The van der Waals surface area contributed by atoms with E-state index in [2.05, 4.69) is 6.92 Å². The second-order valence-corrected chi connectivity index (χ2v) is 4.88. The molecule has 0 aliphatic rings. The van der Waals surface area contributed by atoms with Crippen LogP contribution in [-0.2, 0) is 0 Å². The van der Waals surface area contributed by atoms with Crippen LogP contribution < -0.4 is 4.74 Å². The van der Waals surface area contributed by atoms with Crippen LogP contribution >= 0.6 is 0 Å². The first-order valence-corrected chi connectivity index (χ1v) is 7.15. The van der Waals surface area contributed by atoms with Crippen molar-refractivity contribution >= 4 is 23.3 Å². The van der Waals surface area contributed by atoms with Gasteiger partial charge in [-0.25, -0.2) is 9.36 Å². The Bertz CT molecular complexity index is 645. The Balaban J connectivity index is 2.33. The van der Waals surface area contributed by atoms with Gasteiger partial charge in [-0.2, -0.15) is 0 Å². The summed E-state index contributed by atoms with van der Waals surface area (Å²) in [6.07, 6.45) is 3.61. The SMILES string of the molecule is CCCCCCOc1c(C=O)c2ccccc2n1C(=O)O. The number of carbonyl (C=O) groups excluding carboxylic acids is 1. The van der Waals surface area contributed by atoms with Crippen molar-refractivity contribution in [3.63, 3.8) is 0 Å². The fourth-order valence-corrected chi connectivity index (χ4v) is 2.39. The van der Waals surface area contributed by atoms with Crippen molar-refractivity contribution in [3.05, 3.63) is 29.8 Å². The summed E-state index contributed by atoms with van der Waals surface area (Å²) >= 11 is 0. The molecule has 2 aromatic rings. The molecule has 0 atom stereocenters. The van der Waals surface area contributed by atoms with E-state index in [-0.39, 0.29) is 5.88 Å². The van der Waals surface area contributed by atoms with Crippen LogP contribution in [0.2, 0.25) is 0 Å². The Labute approximate surface area is 123 Å². The van der Waals surface area contributed by atoms with Crippen LogP contribution in [0.3, 0.4) is 0 Å². The lowest BCUT2D eigenvalue weighted by Gasteiger charge is -2.08. The number of hydrogen-bond donors (Lipinski definition) is 1. The van der Waals surface area contributed by atoms with Gasteiger partial charge in [0.1, 0.15) is 0 Å². The van der Waals surface area contributed by atoms with Crippen LogP contribution in [-0.4, -0.2) is 28.7 Å². The number of nitrogens with zero attached hydrogens (tertiary/aromatic N) is 1. The average molecular weight is 289 g/mol. The minimum absolute atomic E-state index is 0.121. The summed E-state index contributed by atoms with van der Waals surface area (Å²) in [7, 11) is 0. The number of carboxylic acid groups (broad SMARTS) is 1. The number of rotatable bonds is 7. The number of hydrogen-bond acceptors (Lipinski definition) is 3. The highest BCUT2D eigenvalue weighted by Gasteiger charge is 2.21. The molecular formula is C16H19NO4. The van der Waals surface area contributed by atoms with E-state index in [9.17, 15) is 14.7 Å². The summed E-state index contributed by atoms with van der Waals surface area (Å²) in [5, 5.41) is 9.98. The van der Waals surface area contributed by atoms with E-state index in [1.165, 1.54) is 0 Å². The molecule has 1 aromatic carbocycles. The first kappa shape index (κ1) is 15.1. The molecule has 0 bridgehead atoms. The zero-order valence-electron chi connectivity index (χ0n) is 12.0. The molecule has 0 amide bonds. The lowest BCUT2D eigenvalue weighted by atomic mass is 10.2. The smallest absolute Gasteiger partial charge is 0.418 e. The Kier molecular flexibility index (Phi) is 4.98. The topological polar surface area (TPSA) is 68.5 Å². The van der Waals surface area contributed by atoms with Gasteiger partial charge < -0.3 is 9.84 Å². The normalized spacial score (nSPS) is 10.7. The molecule has 0 unspecified atom stereocenters. The molecule has 2 rings (SSSR count). The third-order valence-electron chi connectivity index (χ3n) is 3.41. The van der Waals surface area contributed by atoms with Crippen LogP contribution in [0.25, 0.3) is 10.9 Å². The number of fused-ring (bicyclic) bond motifs is 1. The lowest BCUT2D eigenvalue weighted by molar-refractivity contribution is 0.112. The molecule has 5 heteroatoms. The van der Waals surface area contributed by atoms with Crippen molar-refractivity contribution in [2.75, 3.05) is 6.61 Å². The van der Waals surface area contributed by atoms with E-state index in [1.807, 2.05) is 0 Å². The monoisotopic (exact) mass is 289 g/mol. The number of benzene rings is 1. The quantitative estimate of drug-likeness (QED) is 0.619. The van der Waals surface area contributed by atoms with Gasteiger partial charge in [0.15, 0.2) is 6.29 Å². The third-order valence-corrected chi connectivity index (χ3v) is 3.41. The molecule has 1 aromatic heterocycles. The summed E-state index contributed by atoms with van der Waals surface area (Å²) in [5.74, 6) is 0.121. The maximum atomic E-state index is 11.5. The second kappa shape index (κ2) is 6.92. The Morgan fingerprint density at radius 2 is 2.05 bits per heavy atom. The van der Waals surface area contributed by atoms with Crippen LogP contribution in [0, 0.1) is 0 Å². The predicted octanol–water partition coefficient (Wildman–Crippen LogP) is 3.94. The Morgan fingerprint density at radius 1 is 1.29 bits per heavy atom. The van der Waals surface area contributed by atoms with Gasteiger partial charge in [0.2, 0.25) is 5.88 Å². The molecule has 0 spiro atoms. The minimum Gasteiger partial charge on any atom is -0.478 e. The van der Waals surface area contributed by atoms with Crippen LogP contribution in [0.5, 0.6) is 5.88 Å². The zero-order valence-corrected chi connectivity index (χ0v) is 12.0. The molecule has 112 valence electrons. The Hall–Kier alpha value is -2.30. The molecular weight excluding hydrogens is 270 g/mol. The van der Waals surface area contributed by atoms with Gasteiger partial charge in [0.25, 0.3) is 0 Å². The van der Waals surface area contributed by atoms with Gasteiger partial charge in [-0.1, -0.05) is 44.4 Å². The van der Waals surface area contributed by atoms with Crippen molar-refractivity contribution in [1.82, 2.24) is 4.57 Å². The molecule has 21 heavy (non-hydrogen) atoms. The van der Waals surface area contributed by atoms with Gasteiger partial charge in [-0.15, -0.1) is 0 Å². The maximum Gasteiger partial charge on any atom is 0.418 e. The molecule has 0 fully saturated rings. The summed E-state index contributed by atoms with van der Waals surface area (Å²) < 4.78 is 6.64. The van der Waals surface area contributed by atoms with Gasteiger partial charge in [-0.05, 0) is 12.5 Å². The molecule has 0 saturated carbocycles. The molecule has 0 saturated heterocycles. The Morgan fingerprint density at radius 3 is 2.71 bits per heavy atom. The van der Waals surface area contributed by atoms with Crippen molar-refractivity contribution in [2.45, 2.75) is 32.6 Å². The third kappa shape index (κ3) is 3.07. The van der Waals surface area contributed by atoms with Crippen molar-refractivity contribution < 1.29 is 19.4 Å². The molecule has 1 N–H and O–H groups in total. The fourth-order valence-electron chi connectivity index (χ4n) is 2.39. The van der Waals surface area contributed by atoms with E-state index < -0.39 is 6.09 Å². The van der Waals surface area contributed by atoms with Crippen LogP contribution in [0.1, 0.15) is 43.0 Å². The fraction of sp³-hybridized carbons (Fsp3) is 0.375. The molecule has 0 radical (unpaired) electrons. The highest BCUT2D eigenvalue weighted by molar-refractivity contribution is 6.04. The molecule has 5 nitrogen and oxygen atoms in total. The van der Waals surface area contributed by atoms with Crippen molar-refractivity contribution in [3.8, 4) is 5.88 Å².